The Balaban J connectivity index is 3.07. The molecule has 9 heteroatoms. The first-order chi connectivity index (χ1) is 15.7. The zero-order chi connectivity index (χ0) is 24.9. The normalized spacial score (nSPS) is 22.8. The number of hydrogen-bond acceptors (Lipinski definition) is 8. The van der Waals surface area contributed by atoms with Crippen molar-refractivity contribution in [3.63, 3.8) is 0 Å². The Morgan fingerprint density at radius 2 is 1.42 bits per heavy atom. The van der Waals surface area contributed by atoms with Gasteiger partial charge in [0, 0.05) is 19.3 Å². The van der Waals surface area contributed by atoms with Crippen LogP contribution < -0.4 is 0 Å². The minimum Gasteiger partial charge on any atom is -0.456 e. The van der Waals surface area contributed by atoms with Crippen LogP contribution in [0, 0.1) is 12.3 Å². The van der Waals surface area contributed by atoms with Crippen molar-refractivity contribution in [1.82, 2.24) is 0 Å². The molecule has 1 unspecified atom stereocenters. The molecule has 0 saturated carbocycles. The van der Waals surface area contributed by atoms with Crippen LogP contribution in [0.4, 0.5) is 0 Å². The first-order valence-corrected chi connectivity index (χ1v) is 11.7. The van der Waals surface area contributed by atoms with Crippen molar-refractivity contribution in [3.8, 4) is 12.3 Å². The van der Waals surface area contributed by atoms with Gasteiger partial charge in [0.05, 0.1) is 27.3 Å². The number of nitrogens with zero attached hydrogens (tertiary/aromatic N) is 1. The number of quaternary nitrogens is 1. The molecule has 0 N–H and O–H groups in total. The number of likely N-dealkylation sites (N-methyl/N-ethyl adjacent to an activating group) is 1. The van der Waals surface area contributed by atoms with Crippen LogP contribution in [0.15, 0.2) is 0 Å². The summed E-state index contributed by atoms with van der Waals surface area (Å²) in [5.41, 5.74) is 0. The van der Waals surface area contributed by atoms with Gasteiger partial charge in [-0.25, -0.2) is 0 Å². The fraction of sp³-hybridized carbons (Fsp3) is 0.792. The highest BCUT2D eigenvalue weighted by Gasteiger charge is 2.48. The highest BCUT2D eigenvalue weighted by molar-refractivity contribution is 5.71. The van der Waals surface area contributed by atoms with Gasteiger partial charge in [-0.3, -0.25) is 14.4 Å². The summed E-state index contributed by atoms with van der Waals surface area (Å²) in [5, 5.41) is 0. The van der Waals surface area contributed by atoms with E-state index in [2.05, 4.69) is 5.92 Å². The second-order valence-corrected chi connectivity index (χ2v) is 8.78. The first kappa shape index (κ1) is 28.9. The second-order valence-electron chi connectivity index (χ2n) is 8.78. The average molecular weight is 471 g/mol. The Labute approximate surface area is 197 Å². The number of carbonyl (C=O) groups is 3. The van der Waals surface area contributed by atoms with Crippen molar-refractivity contribution in [2.24, 2.45) is 0 Å². The number of rotatable bonds is 14. The molecular formula is C24H40NO8+. The molecule has 0 amide bonds. The zero-order valence-corrected chi connectivity index (χ0v) is 20.7. The molecule has 1 heterocycles. The zero-order valence-electron chi connectivity index (χ0n) is 20.7. The minimum absolute atomic E-state index is 0.0470. The van der Waals surface area contributed by atoms with Crippen molar-refractivity contribution < 1.29 is 42.6 Å². The quantitative estimate of drug-likeness (QED) is 0.165. The van der Waals surface area contributed by atoms with Gasteiger partial charge in [0.2, 0.25) is 0 Å². The summed E-state index contributed by atoms with van der Waals surface area (Å²) in [6.07, 6.45) is 3.82. The van der Waals surface area contributed by atoms with Crippen molar-refractivity contribution >= 4 is 17.9 Å². The maximum Gasteiger partial charge on any atom is 0.306 e. The molecule has 0 aromatic carbocycles. The monoisotopic (exact) mass is 470 g/mol. The fourth-order valence-corrected chi connectivity index (χ4v) is 3.26. The third-order valence-electron chi connectivity index (χ3n) is 5.06. The number of hydrogen-bond donors (Lipinski definition) is 0. The van der Waals surface area contributed by atoms with Crippen LogP contribution in [0.25, 0.3) is 0 Å². The molecule has 0 aromatic heterocycles. The molecule has 1 aliphatic rings. The number of terminal acetylenes is 1. The molecule has 0 spiro atoms. The number of carbonyl (C=O) groups excluding carboxylic acids is 3. The fourth-order valence-electron chi connectivity index (χ4n) is 3.26. The van der Waals surface area contributed by atoms with E-state index in [-0.39, 0.29) is 32.5 Å². The van der Waals surface area contributed by atoms with Gasteiger partial charge < -0.3 is 28.2 Å². The Bertz CT molecular complexity index is 672. The summed E-state index contributed by atoms with van der Waals surface area (Å²) < 4.78 is 29.1. The van der Waals surface area contributed by atoms with Crippen molar-refractivity contribution in [1.29, 1.82) is 0 Å². The minimum atomic E-state index is -1.07. The van der Waals surface area contributed by atoms with Gasteiger partial charge in [0.15, 0.2) is 24.6 Å². The maximum absolute atomic E-state index is 12.4. The van der Waals surface area contributed by atoms with Gasteiger partial charge in [-0.15, -0.1) is 6.42 Å². The van der Waals surface area contributed by atoms with Crippen LogP contribution in [0.2, 0.25) is 0 Å². The standard InChI is InChI=1S/C24H40NO8/c1-7-11-19(26)31-18-17-30-24(29-16-15-25(5,6)14-10-4)23(33-21(28)13-9-3)22(18)32-20(27)12-8-2/h4,18,22-24H,7-9,11-17H2,1-3,5-6H3/q+1/t18-,22-,23-,24?/m1/s1. The van der Waals surface area contributed by atoms with Gasteiger partial charge in [-0.05, 0) is 25.2 Å². The van der Waals surface area contributed by atoms with Crippen LogP contribution in [0.3, 0.4) is 0 Å². The van der Waals surface area contributed by atoms with E-state index >= 15 is 0 Å². The third kappa shape index (κ3) is 10.5. The third-order valence-corrected chi connectivity index (χ3v) is 5.06. The van der Waals surface area contributed by atoms with E-state index < -0.39 is 42.5 Å². The molecule has 1 aliphatic heterocycles. The molecule has 0 aliphatic carbocycles. The van der Waals surface area contributed by atoms with Gasteiger partial charge in [-0.1, -0.05) is 20.8 Å². The Morgan fingerprint density at radius 3 is 1.94 bits per heavy atom. The topological polar surface area (TPSA) is 97.4 Å². The summed E-state index contributed by atoms with van der Waals surface area (Å²) in [5.74, 6) is 1.25. The first-order valence-electron chi connectivity index (χ1n) is 11.7. The van der Waals surface area contributed by atoms with Crippen LogP contribution >= 0.6 is 0 Å². The SMILES string of the molecule is C#CC[N+](C)(C)CCOC1OC[C@@H](OC(=O)CCC)[C@@H](OC(=O)CCC)[C@H]1OC(=O)CCC. The molecule has 1 fully saturated rings. The van der Waals surface area contributed by atoms with E-state index in [1.807, 2.05) is 34.9 Å². The van der Waals surface area contributed by atoms with Crippen molar-refractivity contribution in [2.45, 2.75) is 83.9 Å². The summed E-state index contributed by atoms with van der Waals surface area (Å²) in [6.45, 7) is 6.91. The second kappa shape index (κ2) is 14.9. The molecule has 0 bridgehead atoms. The lowest BCUT2D eigenvalue weighted by atomic mass is 10.0. The number of ether oxygens (including phenoxy) is 5. The summed E-state index contributed by atoms with van der Waals surface area (Å²) >= 11 is 0. The van der Waals surface area contributed by atoms with E-state index in [9.17, 15) is 14.4 Å². The largest absolute Gasteiger partial charge is 0.456 e. The molecule has 33 heavy (non-hydrogen) atoms. The highest BCUT2D eigenvalue weighted by atomic mass is 16.7. The van der Waals surface area contributed by atoms with Gasteiger partial charge in [0.1, 0.15) is 13.1 Å². The van der Waals surface area contributed by atoms with Crippen molar-refractivity contribution in [2.75, 3.05) is 40.4 Å². The lowest BCUT2D eigenvalue weighted by molar-refractivity contribution is -0.883. The smallest absolute Gasteiger partial charge is 0.306 e. The lowest BCUT2D eigenvalue weighted by Crippen LogP contribution is -2.58. The van der Waals surface area contributed by atoms with Crippen LogP contribution in [-0.2, 0) is 38.1 Å². The Kier molecular flexibility index (Phi) is 13.0. The van der Waals surface area contributed by atoms with Gasteiger partial charge in [-0.2, -0.15) is 0 Å². The van der Waals surface area contributed by atoms with Crippen LogP contribution in [-0.4, -0.2) is 87.4 Å². The Morgan fingerprint density at radius 1 is 0.909 bits per heavy atom. The predicted molar refractivity (Wildman–Crippen MR) is 121 cm³/mol. The molecule has 4 atom stereocenters. The average Bonchev–Trinajstić information content (AvgIpc) is 2.72. The van der Waals surface area contributed by atoms with Gasteiger partial charge in [0.25, 0.3) is 0 Å². The highest BCUT2D eigenvalue weighted by Crippen LogP contribution is 2.26. The van der Waals surface area contributed by atoms with E-state index in [1.54, 1.807) is 0 Å². The molecule has 188 valence electrons. The van der Waals surface area contributed by atoms with Crippen LogP contribution in [0.5, 0.6) is 0 Å². The van der Waals surface area contributed by atoms with E-state index in [0.717, 1.165) is 0 Å². The summed E-state index contributed by atoms with van der Waals surface area (Å²) in [6, 6.07) is 0. The van der Waals surface area contributed by atoms with Crippen molar-refractivity contribution in [3.05, 3.63) is 0 Å². The summed E-state index contributed by atoms with van der Waals surface area (Å²) in [7, 11) is 3.95. The molecule has 1 saturated heterocycles. The maximum atomic E-state index is 12.4. The molecule has 9 nitrogen and oxygen atoms in total. The Hall–Kier alpha value is -2.15. The van der Waals surface area contributed by atoms with Gasteiger partial charge >= 0.3 is 17.9 Å². The lowest BCUT2D eigenvalue weighted by Gasteiger charge is -2.40. The molecule has 0 aromatic rings. The molecular weight excluding hydrogens is 430 g/mol. The van der Waals surface area contributed by atoms with E-state index in [0.29, 0.717) is 36.8 Å². The van der Waals surface area contributed by atoms with E-state index in [4.69, 9.17) is 30.1 Å². The van der Waals surface area contributed by atoms with Crippen LogP contribution in [0.1, 0.15) is 59.3 Å². The summed E-state index contributed by atoms with van der Waals surface area (Å²) in [4.78, 5) is 36.8. The van der Waals surface area contributed by atoms with E-state index in [1.165, 1.54) is 0 Å². The molecule has 1 rings (SSSR count). The molecule has 0 radical (unpaired) electrons. The predicted octanol–water partition coefficient (Wildman–Crippen LogP) is 2.20. The number of esters is 3.